The maximum atomic E-state index is 12.7. The van der Waals surface area contributed by atoms with Crippen molar-refractivity contribution in [3.8, 4) is 11.5 Å². The molecule has 0 aliphatic carbocycles. The first-order valence-corrected chi connectivity index (χ1v) is 13.0. The van der Waals surface area contributed by atoms with Crippen LogP contribution in [0.3, 0.4) is 0 Å². The van der Waals surface area contributed by atoms with Crippen LogP contribution in [0.5, 0.6) is 0 Å². The number of carbonyl (C=O) groups is 2. The van der Waals surface area contributed by atoms with Gasteiger partial charge in [-0.15, -0.1) is 0 Å². The van der Waals surface area contributed by atoms with Crippen molar-refractivity contribution >= 4 is 27.6 Å². The van der Waals surface area contributed by atoms with Crippen LogP contribution in [0.15, 0.2) is 64.1 Å². The average Bonchev–Trinajstić information content (AvgIpc) is 3.34. The van der Waals surface area contributed by atoms with E-state index in [1.807, 2.05) is 6.92 Å². The lowest BCUT2D eigenvalue weighted by Crippen LogP contribution is -2.42. The monoisotopic (exact) mass is 514 g/mol. The zero-order valence-electron chi connectivity index (χ0n) is 20.2. The van der Waals surface area contributed by atoms with Crippen LogP contribution >= 0.6 is 0 Å². The number of carbonyl (C=O) groups excluding carboxylic acids is 2. The van der Waals surface area contributed by atoms with Crippen molar-refractivity contribution in [3.05, 3.63) is 66.1 Å². The van der Waals surface area contributed by atoms with Gasteiger partial charge in [-0.25, -0.2) is 22.9 Å². The number of ether oxygens (including phenoxy) is 1. The first kappa shape index (κ1) is 26.9. The molecular formula is C25H30N4O6S. The fourth-order valence-electron chi connectivity index (χ4n) is 3.40. The Morgan fingerprint density at radius 3 is 2.53 bits per heavy atom. The number of amides is 1. The van der Waals surface area contributed by atoms with Gasteiger partial charge in [0.05, 0.1) is 17.1 Å². The van der Waals surface area contributed by atoms with Crippen LogP contribution in [0.4, 0.5) is 5.69 Å². The largest absolute Gasteiger partial charge is 0.464 e. The summed E-state index contributed by atoms with van der Waals surface area (Å²) in [5.74, 6) is -0.994. The van der Waals surface area contributed by atoms with E-state index in [-0.39, 0.29) is 36.1 Å². The van der Waals surface area contributed by atoms with Crippen LogP contribution in [-0.4, -0.2) is 44.5 Å². The molecule has 0 radical (unpaired) electrons. The van der Waals surface area contributed by atoms with Gasteiger partial charge in [0.2, 0.25) is 15.9 Å². The Kier molecular flexibility index (Phi) is 9.20. The molecule has 0 saturated heterocycles. The second-order valence-corrected chi connectivity index (χ2v) is 9.88. The number of esters is 1. The first-order valence-electron chi connectivity index (χ1n) is 11.6. The minimum atomic E-state index is -3.62. The summed E-state index contributed by atoms with van der Waals surface area (Å²) >= 11 is 0. The molecule has 192 valence electrons. The minimum absolute atomic E-state index is 0.00610. The van der Waals surface area contributed by atoms with E-state index in [1.165, 1.54) is 6.26 Å². The summed E-state index contributed by atoms with van der Waals surface area (Å²) < 4.78 is 37.8. The normalized spacial score (nSPS) is 12.2. The molecule has 4 N–H and O–H groups in total. The molecule has 1 atom stereocenters. The van der Waals surface area contributed by atoms with Crippen LogP contribution < -0.4 is 15.8 Å². The fraction of sp³-hybridized carbons (Fsp3) is 0.320. The molecule has 36 heavy (non-hydrogen) atoms. The number of anilines is 1. The predicted molar refractivity (Wildman–Crippen MR) is 134 cm³/mol. The quantitative estimate of drug-likeness (QED) is 0.189. The lowest BCUT2D eigenvalue weighted by Gasteiger charge is -2.16. The number of para-hydroxylation sites is 1. The minimum Gasteiger partial charge on any atom is -0.464 e. The SMILES string of the molecule is CCOC(=O)C(CCCCNS(=O)(=O)c1ccc(C)cc1)NC(=O)c1coc(-c2ccccc2N)n1. The number of nitrogen functional groups attached to an aromatic ring is 1. The third kappa shape index (κ3) is 7.15. The summed E-state index contributed by atoms with van der Waals surface area (Å²) in [6.07, 6.45) is 2.37. The summed E-state index contributed by atoms with van der Waals surface area (Å²) in [6, 6.07) is 12.6. The molecule has 1 heterocycles. The van der Waals surface area contributed by atoms with Crippen LogP contribution in [0.2, 0.25) is 0 Å². The summed E-state index contributed by atoms with van der Waals surface area (Å²) in [7, 11) is -3.62. The van der Waals surface area contributed by atoms with E-state index in [9.17, 15) is 18.0 Å². The number of unbranched alkanes of at least 4 members (excludes halogenated alkanes) is 1. The zero-order chi connectivity index (χ0) is 26.1. The number of hydrogen-bond acceptors (Lipinski definition) is 8. The van der Waals surface area contributed by atoms with Crippen molar-refractivity contribution in [3.63, 3.8) is 0 Å². The molecule has 0 spiro atoms. The highest BCUT2D eigenvalue weighted by Gasteiger charge is 2.24. The van der Waals surface area contributed by atoms with Crippen molar-refractivity contribution in [1.29, 1.82) is 0 Å². The van der Waals surface area contributed by atoms with E-state index in [0.29, 0.717) is 24.1 Å². The Morgan fingerprint density at radius 1 is 1.11 bits per heavy atom. The van der Waals surface area contributed by atoms with Gasteiger partial charge in [-0.05, 0) is 57.4 Å². The van der Waals surface area contributed by atoms with Crippen molar-refractivity contribution in [2.75, 3.05) is 18.9 Å². The molecule has 3 rings (SSSR count). The standard InChI is InChI=1S/C25H30N4O6S/c1-3-34-25(31)21(10-6-7-15-27-36(32,33)18-13-11-17(2)12-14-18)28-23(30)22-16-35-24(29-22)19-8-4-5-9-20(19)26/h4-5,8-9,11-14,16,21,27H,3,6-7,10,15,26H2,1-2H3,(H,28,30). The molecule has 0 fully saturated rings. The topological polar surface area (TPSA) is 154 Å². The Bertz CT molecular complexity index is 1290. The van der Waals surface area contributed by atoms with Crippen molar-refractivity contribution in [2.45, 2.75) is 44.0 Å². The third-order valence-corrected chi connectivity index (χ3v) is 6.82. The first-order chi connectivity index (χ1) is 17.2. The molecule has 1 amide bonds. The second kappa shape index (κ2) is 12.3. The Morgan fingerprint density at radius 2 is 1.83 bits per heavy atom. The van der Waals surface area contributed by atoms with Crippen molar-refractivity contribution < 1.29 is 27.2 Å². The molecular weight excluding hydrogens is 484 g/mol. The van der Waals surface area contributed by atoms with Gasteiger partial charge in [0.25, 0.3) is 5.91 Å². The summed E-state index contributed by atoms with van der Waals surface area (Å²) in [5.41, 5.74) is 7.89. The molecule has 3 aromatic rings. The van der Waals surface area contributed by atoms with Gasteiger partial charge in [0.1, 0.15) is 12.3 Å². The number of nitrogens with one attached hydrogen (secondary N) is 2. The summed E-state index contributed by atoms with van der Waals surface area (Å²) in [4.78, 5) is 29.5. The third-order valence-electron chi connectivity index (χ3n) is 5.35. The Labute approximate surface area is 210 Å². The molecule has 1 unspecified atom stereocenters. The number of aryl methyl sites for hydroxylation is 1. The fourth-order valence-corrected chi connectivity index (χ4v) is 4.47. The summed E-state index contributed by atoms with van der Waals surface area (Å²) in [6.45, 7) is 3.89. The van der Waals surface area contributed by atoms with E-state index >= 15 is 0 Å². The smallest absolute Gasteiger partial charge is 0.328 e. The highest BCUT2D eigenvalue weighted by Crippen LogP contribution is 2.24. The molecule has 1 aromatic heterocycles. The zero-order valence-corrected chi connectivity index (χ0v) is 21.0. The number of aromatic nitrogens is 1. The van der Waals surface area contributed by atoms with E-state index in [0.717, 1.165) is 5.56 Å². The van der Waals surface area contributed by atoms with Gasteiger partial charge in [0.15, 0.2) is 5.69 Å². The lowest BCUT2D eigenvalue weighted by molar-refractivity contribution is -0.145. The molecule has 0 aliphatic heterocycles. The highest BCUT2D eigenvalue weighted by molar-refractivity contribution is 7.89. The van der Waals surface area contributed by atoms with Crippen LogP contribution in [0, 0.1) is 6.92 Å². The van der Waals surface area contributed by atoms with E-state index in [1.54, 1.807) is 55.5 Å². The number of hydrogen-bond donors (Lipinski definition) is 3. The molecule has 0 aliphatic rings. The van der Waals surface area contributed by atoms with Gasteiger partial charge in [0, 0.05) is 12.2 Å². The number of nitrogens with zero attached hydrogens (tertiary/aromatic N) is 1. The molecule has 10 nitrogen and oxygen atoms in total. The van der Waals surface area contributed by atoms with Gasteiger partial charge in [-0.3, -0.25) is 4.79 Å². The molecule has 0 saturated carbocycles. The predicted octanol–water partition coefficient (Wildman–Crippen LogP) is 3.04. The number of nitrogens with two attached hydrogens (primary N) is 1. The van der Waals surface area contributed by atoms with Crippen LogP contribution in [0.1, 0.15) is 42.2 Å². The average molecular weight is 515 g/mol. The number of sulfonamides is 1. The van der Waals surface area contributed by atoms with E-state index in [4.69, 9.17) is 14.9 Å². The maximum Gasteiger partial charge on any atom is 0.328 e. The maximum absolute atomic E-state index is 12.7. The van der Waals surface area contributed by atoms with Crippen LogP contribution in [-0.2, 0) is 19.6 Å². The highest BCUT2D eigenvalue weighted by atomic mass is 32.2. The van der Waals surface area contributed by atoms with Crippen molar-refractivity contribution in [2.24, 2.45) is 0 Å². The number of rotatable bonds is 12. The second-order valence-electron chi connectivity index (χ2n) is 8.11. The Balaban J connectivity index is 1.55. The van der Waals surface area contributed by atoms with Gasteiger partial charge < -0.3 is 20.2 Å². The van der Waals surface area contributed by atoms with Crippen LogP contribution in [0.25, 0.3) is 11.5 Å². The van der Waals surface area contributed by atoms with E-state index in [2.05, 4.69) is 15.0 Å². The summed E-state index contributed by atoms with van der Waals surface area (Å²) in [5, 5.41) is 2.63. The van der Waals surface area contributed by atoms with Gasteiger partial charge >= 0.3 is 5.97 Å². The lowest BCUT2D eigenvalue weighted by atomic mass is 10.1. The molecule has 11 heteroatoms. The van der Waals surface area contributed by atoms with Gasteiger partial charge in [-0.1, -0.05) is 29.8 Å². The molecule has 0 bridgehead atoms. The van der Waals surface area contributed by atoms with E-state index < -0.39 is 27.9 Å². The number of benzene rings is 2. The van der Waals surface area contributed by atoms with Gasteiger partial charge in [-0.2, -0.15) is 0 Å². The molecule has 2 aromatic carbocycles. The number of oxazole rings is 1. The Hall–Kier alpha value is -3.70. The van der Waals surface area contributed by atoms with Crippen molar-refractivity contribution in [1.82, 2.24) is 15.0 Å².